The zero-order valence-electron chi connectivity index (χ0n) is 11.6. The molecule has 2 nitrogen and oxygen atoms in total. The van der Waals surface area contributed by atoms with Crippen LogP contribution in [0, 0.1) is 0 Å². The van der Waals surface area contributed by atoms with Crippen molar-refractivity contribution in [1.29, 1.82) is 0 Å². The zero-order chi connectivity index (χ0) is 15.2. The normalized spacial score (nSPS) is 12.2. The van der Waals surface area contributed by atoms with Gasteiger partial charge in [0.05, 0.1) is 5.56 Å². The summed E-state index contributed by atoms with van der Waals surface area (Å²) in [6.07, 6.45) is -3.36. The average molecular weight is 353 g/mol. The van der Waals surface area contributed by atoms with Gasteiger partial charge in [-0.15, -0.1) is 0 Å². The molecule has 0 atom stereocenters. The van der Waals surface area contributed by atoms with Crippen molar-refractivity contribution in [3.8, 4) is 0 Å². The molecule has 1 aromatic rings. The minimum atomic E-state index is -4.30. The molecule has 0 saturated carbocycles. The average Bonchev–Trinajstić information content (AvgIpc) is 2.33. The first-order chi connectivity index (χ1) is 9.30. The van der Waals surface area contributed by atoms with E-state index in [0.717, 1.165) is 25.6 Å². The number of benzene rings is 1. The van der Waals surface area contributed by atoms with Crippen molar-refractivity contribution in [3.05, 3.63) is 33.8 Å². The van der Waals surface area contributed by atoms with E-state index in [1.54, 1.807) is 0 Å². The van der Waals surface area contributed by atoms with Crippen molar-refractivity contribution in [2.24, 2.45) is 0 Å². The first kappa shape index (κ1) is 17.5. The fourth-order valence-electron chi connectivity index (χ4n) is 1.71. The molecule has 0 fully saturated rings. The van der Waals surface area contributed by atoms with Crippen molar-refractivity contribution < 1.29 is 13.2 Å². The smallest absolute Gasteiger partial charge is 0.314 e. The summed E-state index contributed by atoms with van der Waals surface area (Å²) in [5, 5.41) is 6.44. The molecule has 6 heteroatoms. The molecule has 0 aromatic heterocycles. The zero-order valence-corrected chi connectivity index (χ0v) is 13.2. The van der Waals surface area contributed by atoms with Gasteiger partial charge >= 0.3 is 6.18 Å². The largest absolute Gasteiger partial charge is 0.416 e. The number of halogens is 4. The molecule has 0 unspecified atom stereocenters. The summed E-state index contributed by atoms with van der Waals surface area (Å²) in [5.41, 5.74) is 0.00983. The van der Waals surface area contributed by atoms with Crippen LogP contribution >= 0.6 is 15.9 Å². The molecule has 2 N–H and O–H groups in total. The Hall–Kier alpha value is -0.590. The van der Waals surface area contributed by atoms with Gasteiger partial charge in [0.25, 0.3) is 0 Å². The molecular formula is C14H20BrF3N2. The van der Waals surface area contributed by atoms with Gasteiger partial charge < -0.3 is 10.6 Å². The number of rotatable bonds is 7. The molecule has 1 rings (SSSR count). The maximum atomic E-state index is 12.6. The number of hydrogen-bond acceptors (Lipinski definition) is 2. The van der Waals surface area contributed by atoms with Crippen LogP contribution in [0.25, 0.3) is 0 Å². The summed E-state index contributed by atoms with van der Waals surface area (Å²) in [6.45, 7) is 6.24. The van der Waals surface area contributed by atoms with E-state index in [1.165, 1.54) is 12.1 Å². The van der Waals surface area contributed by atoms with Gasteiger partial charge in [-0.3, -0.25) is 0 Å². The topological polar surface area (TPSA) is 24.1 Å². The quantitative estimate of drug-likeness (QED) is 0.726. The van der Waals surface area contributed by atoms with E-state index >= 15 is 0 Å². The second-order valence-corrected chi connectivity index (χ2v) is 5.80. The molecule has 0 aliphatic carbocycles. The van der Waals surface area contributed by atoms with E-state index in [1.807, 2.05) is 0 Å². The summed E-state index contributed by atoms with van der Waals surface area (Å²) in [7, 11) is 0. The van der Waals surface area contributed by atoms with Crippen molar-refractivity contribution in [3.63, 3.8) is 0 Å². The predicted molar refractivity (Wildman–Crippen MR) is 78.6 cm³/mol. The number of alkyl halides is 3. The lowest BCUT2D eigenvalue weighted by atomic mass is 10.1. The van der Waals surface area contributed by atoms with Crippen molar-refractivity contribution in [1.82, 2.24) is 10.6 Å². The van der Waals surface area contributed by atoms with Crippen LogP contribution in [0.5, 0.6) is 0 Å². The fraction of sp³-hybridized carbons (Fsp3) is 0.571. The highest BCUT2D eigenvalue weighted by molar-refractivity contribution is 9.10. The van der Waals surface area contributed by atoms with E-state index in [-0.39, 0.29) is 0 Å². The van der Waals surface area contributed by atoms with E-state index in [4.69, 9.17) is 0 Å². The van der Waals surface area contributed by atoms with E-state index in [9.17, 15) is 13.2 Å². The van der Waals surface area contributed by atoms with Crippen molar-refractivity contribution >= 4 is 15.9 Å². The molecule has 20 heavy (non-hydrogen) atoms. The third kappa shape index (κ3) is 6.24. The van der Waals surface area contributed by atoms with Crippen LogP contribution in [0.15, 0.2) is 22.7 Å². The molecule has 0 aliphatic rings. The summed E-state index contributed by atoms with van der Waals surface area (Å²) in [5.74, 6) is 0. The lowest BCUT2D eigenvalue weighted by molar-refractivity contribution is -0.137. The second kappa shape index (κ2) is 8.00. The Morgan fingerprint density at radius 2 is 1.90 bits per heavy atom. The van der Waals surface area contributed by atoms with Gasteiger partial charge in [-0.25, -0.2) is 0 Å². The molecule has 1 aromatic carbocycles. The van der Waals surface area contributed by atoms with Gasteiger partial charge in [0.2, 0.25) is 0 Å². The Balaban J connectivity index is 2.43. The third-order valence-electron chi connectivity index (χ3n) is 2.77. The van der Waals surface area contributed by atoms with Crippen LogP contribution in [-0.4, -0.2) is 19.1 Å². The highest BCUT2D eigenvalue weighted by Gasteiger charge is 2.30. The van der Waals surface area contributed by atoms with Gasteiger partial charge in [-0.2, -0.15) is 13.2 Å². The number of nitrogens with one attached hydrogen (secondary N) is 2. The van der Waals surface area contributed by atoms with Crippen LogP contribution in [0.4, 0.5) is 13.2 Å². The highest BCUT2D eigenvalue weighted by Crippen LogP contribution is 2.31. The van der Waals surface area contributed by atoms with Gasteiger partial charge in [0.15, 0.2) is 0 Å². The Morgan fingerprint density at radius 3 is 2.50 bits per heavy atom. The lowest BCUT2D eigenvalue weighted by Crippen LogP contribution is -2.26. The van der Waals surface area contributed by atoms with Crippen LogP contribution < -0.4 is 10.6 Å². The molecule has 0 heterocycles. The lowest BCUT2D eigenvalue weighted by Gasteiger charge is -2.12. The molecule has 114 valence electrons. The maximum absolute atomic E-state index is 12.6. The highest BCUT2D eigenvalue weighted by atomic mass is 79.9. The van der Waals surface area contributed by atoms with E-state index < -0.39 is 11.7 Å². The van der Waals surface area contributed by atoms with Gasteiger partial charge in [-0.05, 0) is 43.3 Å². The van der Waals surface area contributed by atoms with Gasteiger partial charge in [0.1, 0.15) is 0 Å². The molecule has 0 bridgehead atoms. The van der Waals surface area contributed by atoms with E-state index in [2.05, 4.69) is 40.4 Å². The van der Waals surface area contributed by atoms with Crippen molar-refractivity contribution in [2.45, 2.75) is 39.0 Å². The molecule has 0 saturated heterocycles. The van der Waals surface area contributed by atoms with Gasteiger partial charge in [0, 0.05) is 17.1 Å². The number of hydrogen-bond donors (Lipinski definition) is 2. The van der Waals surface area contributed by atoms with Crippen LogP contribution in [0.1, 0.15) is 31.4 Å². The van der Waals surface area contributed by atoms with Gasteiger partial charge in [-0.1, -0.05) is 29.8 Å². The Kier molecular flexibility index (Phi) is 6.99. The maximum Gasteiger partial charge on any atom is 0.416 e. The first-order valence-electron chi connectivity index (χ1n) is 6.60. The van der Waals surface area contributed by atoms with Crippen LogP contribution in [0.2, 0.25) is 0 Å². The first-order valence-corrected chi connectivity index (χ1v) is 7.39. The molecule has 0 spiro atoms. The summed E-state index contributed by atoms with van der Waals surface area (Å²) >= 11 is 3.28. The molecule has 0 aliphatic heterocycles. The van der Waals surface area contributed by atoms with Crippen LogP contribution in [-0.2, 0) is 12.7 Å². The summed E-state index contributed by atoms with van der Waals surface area (Å²) in [6, 6.07) is 4.16. The fourth-order valence-corrected chi connectivity index (χ4v) is 2.10. The van der Waals surface area contributed by atoms with Crippen molar-refractivity contribution in [2.75, 3.05) is 13.1 Å². The van der Waals surface area contributed by atoms with Crippen LogP contribution in [0.3, 0.4) is 0 Å². The molecule has 0 amide bonds. The third-order valence-corrected chi connectivity index (χ3v) is 3.55. The minimum Gasteiger partial charge on any atom is -0.314 e. The predicted octanol–water partition coefficient (Wildman–Crippen LogP) is 3.95. The molecular weight excluding hydrogens is 333 g/mol. The Labute approximate surface area is 126 Å². The SMILES string of the molecule is CC(C)NCCCNCc1cc(C(F)(F)F)ccc1Br. The minimum absolute atomic E-state index is 0.423. The second-order valence-electron chi connectivity index (χ2n) is 4.94. The Morgan fingerprint density at radius 1 is 1.20 bits per heavy atom. The van der Waals surface area contributed by atoms with E-state index in [0.29, 0.717) is 22.6 Å². The summed E-state index contributed by atoms with van der Waals surface area (Å²) < 4.78 is 38.6. The Bertz CT molecular complexity index is 419. The molecule has 0 radical (unpaired) electrons. The summed E-state index contributed by atoms with van der Waals surface area (Å²) in [4.78, 5) is 0. The standard InChI is InChI=1S/C14H20BrF3N2/c1-10(2)20-7-3-6-19-9-11-8-12(14(16,17)18)4-5-13(11)15/h4-5,8,10,19-20H,3,6-7,9H2,1-2H3. The monoisotopic (exact) mass is 352 g/mol.